The third-order valence-corrected chi connectivity index (χ3v) is 3.51. The fourth-order valence-electron chi connectivity index (χ4n) is 2.46. The van der Waals surface area contributed by atoms with E-state index in [2.05, 4.69) is 25.1 Å². The summed E-state index contributed by atoms with van der Waals surface area (Å²) in [5.74, 6) is 0. The molecule has 2 rings (SSSR count). The Morgan fingerprint density at radius 3 is 2.56 bits per heavy atom. The van der Waals surface area contributed by atoms with E-state index in [-0.39, 0.29) is 6.10 Å². The van der Waals surface area contributed by atoms with Crippen LogP contribution in [0.5, 0.6) is 0 Å². The highest BCUT2D eigenvalue weighted by molar-refractivity contribution is 5.85. The van der Waals surface area contributed by atoms with Gasteiger partial charge in [0, 0.05) is 0 Å². The summed E-state index contributed by atoms with van der Waals surface area (Å²) < 4.78 is 0. The van der Waals surface area contributed by atoms with Gasteiger partial charge in [-0.25, -0.2) is 0 Å². The molecule has 2 aromatic rings. The van der Waals surface area contributed by atoms with E-state index in [1.165, 1.54) is 30.0 Å². The van der Waals surface area contributed by atoms with Crippen molar-refractivity contribution in [3.63, 3.8) is 0 Å². The minimum atomic E-state index is -0.326. The Kier molecular flexibility index (Phi) is 4.77. The van der Waals surface area contributed by atoms with Crippen molar-refractivity contribution in [1.82, 2.24) is 0 Å². The van der Waals surface area contributed by atoms with Gasteiger partial charge in [-0.05, 0) is 22.8 Å². The Hall–Kier alpha value is -1.34. The van der Waals surface area contributed by atoms with Crippen molar-refractivity contribution >= 4 is 10.8 Å². The van der Waals surface area contributed by atoms with E-state index in [0.717, 1.165) is 18.4 Å². The van der Waals surface area contributed by atoms with Crippen LogP contribution in [0.25, 0.3) is 10.8 Å². The van der Waals surface area contributed by atoms with Gasteiger partial charge < -0.3 is 5.11 Å². The molecule has 1 atom stereocenters. The molecule has 0 fully saturated rings. The van der Waals surface area contributed by atoms with E-state index in [9.17, 15) is 5.11 Å². The van der Waals surface area contributed by atoms with Crippen LogP contribution >= 0.6 is 0 Å². The molecule has 96 valence electrons. The summed E-state index contributed by atoms with van der Waals surface area (Å²) in [5.41, 5.74) is 1.07. The zero-order valence-electron chi connectivity index (χ0n) is 11.1. The lowest BCUT2D eigenvalue weighted by Crippen LogP contribution is -1.98. The summed E-state index contributed by atoms with van der Waals surface area (Å²) in [7, 11) is 0. The Bertz CT molecular complexity index is 484. The largest absolute Gasteiger partial charge is 0.388 e. The number of aliphatic hydroxyl groups is 1. The number of benzene rings is 2. The second kappa shape index (κ2) is 6.55. The molecular formula is C17H22O. The van der Waals surface area contributed by atoms with Gasteiger partial charge in [-0.2, -0.15) is 0 Å². The molecule has 0 amide bonds. The van der Waals surface area contributed by atoms with Crippen LogP contribution in [-0.2, 0) is 0 Å². The number of aliphatic hydroxyl groups excluding tert-OH is 1. The van der Waals surface area contributed by atoms with E-state index in [1.807, 2.05) is 24.3 Å². The molecule has 0 bridgehead atoms. The van der Waals surface area contributed by atoms with Crippen LogP contribution in [0.2, 0.25) is 0 Å². The first-order chi connectivity index (χ1) is 8.83. The Labute approximate surface area is 109 Å². The lowest BCUT2D eigenvalue weighted by Gasteiger charge is -2.13. The monoisotopic (exact) mass is 242 g/mol. The number of hydrogen-bond donors (Lipinski definition) is 1. The normalized spacial score (nSPS) is 12.8. The predicted molar refractivity (Wildman–Crippen MR) is 77.7 cm³/mol. The van der Waals surface area contributed by atoms with E-state index in [1.54, 1.807) is 0 Å². The second-order valence-corrected chi connectivity index (χ2v) is 4.93. The lowest BCUT2D eigenvalue weighted by molar-refractivity contribution is 0.165. The summed E-state index contributed by atoms with van der Waals surface area (Å²) >= 11 is 0. The van der Waals surface area contributed by atoms with E-state index in [0.29, 0.717) is 0 Å². The summed E-state index contributed by atoms with van der Waals surface area (Å²) in [6, 6.07) is 14.5. The van der Waals surface area contributed by atoms with Crippen molar-refractivity contribution in [3.8, 4) is 0 Å². The maximum atomic E-state index is 10.3. The number of rotatable bonds is 6. The van der Waals surface area contributed by atoms with Crippen molar-refractivity contribution in [2.45, 2.75) is 45.1 Å². The van der Waals surface area contributed by atoms with Gasteiger partial charge >= 0.3 is 0 Å². The number of unbranched alkanes of at least 4 members (excludes halogenated alkanes) is 3. The number of hydrogen-bond acceptors (Lipinski definition) is 1. The molecule has 0 saturated carbocycles. The fraction of sp³-hybridized carbons (Fsp3) is 0.412. The van der Waals surface area contributed by atoms with Crippen molar-refractivity contribution in [2.24, 2.45) is 0 Å². The minimum Gasteiger partial charge on any atom is -0.388 e. The minimum absolute atomic E-state index is 0.326. The average molecular weight is 242 g/mol. The highest BCUT2D eigenvalue weighted by Crippen LogP contribution is 2.27. The van der Waals surface area contributed by atoms with Gasteiger partial charge in [0.1, 0.15) is 0 Å². The molecule has 1 heteroatoms. The first-order valence-electron chi connectivity index (χ1n) is 6.98. The van der Waals surface area contributed by atoms with Crippen LogP contribution in [0.1, 0.15) is 50.7 Å². The molecule has 0 radical (unpaired) electrons. The first kappa shape index (κ1) is 13.1. The van der Waals surface area contributed by atoms with Gasteiger partial charge in [0.25, 0.3) is 0 Å². The Morgan fingerprint density at radius 2 is 1.72 bits per heavy atom. The highest BCUT2D eigenvalue weighted by atomic mass is 16.3. The van der Waals surface area contributed by atoms with Crippen molar-refractivity contribution in [1.29, 1.82) is 0 Å². The van der Waals surface area contributed by atoms with Crippen LogP contribution in [-0.4, -0.2) is 5.11 Å². The maximum Gasteiger partial charge on any atom is 0.0796 e. The van der Waals surface area contributed by atoms with Crippen LogP contribution in [0.3, 0.4) is 0 Å². The van der Waals surface area contributed by atoms with E-state index in [4.69, 9.17) is 0 Å². The number of fused-ring (bicyclic) bond motifs is 1. The van der Waals surface area contributed by atoms with Crippen LogP contribution in [0.4, 0.5) is 0 Å². The summed E-state index contributed by atoms with van der Waals surface area (Å²) in [4.78, 5) is 0. The molecule has 0 aliphatic rings. The van der Waals surface area contributed by atoms with Crippen molar-refractivity contribution in [2.75, 3.05) is 0 Å². The molecular weight excluding hydrogens is 220 g/mol. The van der Waals surface area contributed by atoms with Crippen LogP contribution in [0.15, 0.2) is 42.5 Å². The van der Waals surface area contributed by atoms with Gasteiger partial charge in [-0.1, -0.05) is 75.1 Å². The fourth-order valence-corrected chi connectivity index (χ4v) is 2.46. The SMILES string of the molecule is CCCCCCC(O)c1cccc2ccccc12. The van der Waals surface area contributed by atoms with Gasteiger partial charge in [-0.15, -0.1) is 0 Å². The smallest absolute Gasteiger partial charge is 0.0796 e. The summed E-state index contributed by atoms with van der Waals surface area (Å²) in [5, 5.41) is 12.7. The standard InChI is InChI=1S/C17H22O/c1-2-3-4-5-13-17(18)16-12-8-10-14-9-6-7-11-15(14)16/h6-12,17-18H,2-5,13H2,1H3. The zero-order valence-corrected chi connectivity index (χ0v) is 11.1. The lowest BCUT2D eigenvalue weighted by atomic mass is 9.97. The molecule has 2 aromatic carbocycles. The molecule has 0 spiro atoms. The molecule has 1 unspecified atom stereocenters. The average Bonchev–Trinajstić information content (AvgIpc) is 2.43. The summed E-state index contributed by atoms with van der Waals surface area (Å²) in [6.45, 7) is 2.21. The van der Waals surface area contributed by atoms with E-state index >= 15 is 0 Å². The van der Waals surface area contributed by atoms with Gasteiger partial charge in [0.2, 0.25) is 0 Å². The van der Waals surface area contributed by atoms with Gasteiger partial charge in [0.05, 0.1) is 6.10 Å². The highest BCUT2D eigenvalue weighted by Gasteiger charge is 2.10. The third-order valence-electron chi connectivity index (χ3n) is 3.51. The zero-order chi connectivity index (χ0) is 12.8. The van der Waals surface area contributed by atoms with E-state index < -0.39 is 0 Å². The Morgan fingerprint density at radius 1 is 0.944 bits per heavy atom. The van der Waals surface area contributed by atoms with Crippen LogP contribution in [0, 0.1) is 0 Å². The van der Waals surface area contributed by atoms with Crippen LogP contribution < -0.4 is 0 Å². The molecule has 0 saturated heterocycles. The topological polar surface area (TPSA) is 20.2 Å². The molecule has 1 nitrogen and oxygen atoms in total. The predicted octanol–water partition coefficient (Wildman–Crippen LogP) is 4.84. The first-order valence-corrected chi connectivity index (χ1v) is 6.98. The molecule has 0 heterocycles. The van der Waals surface area contributed by atoms with Crippen molar-refractivity contribution < 1.29 is 5.11 Å². The molecule has 18 heavy (non-hydrogen) atoms. The van der Waals surface area contributed by atoms with Gasteiger partial charge in [0.15, 0.2) is 0 Å². The maximum absolute atomic E-state index is 10.3. The molecule has 0 aliphatic carbocycles. The second-order valence-electron chi connectivity index (χ2n) is 4.93. The quantitative estimate of drug-likeness (QED) is 0.718. The molecule has 0 aliphatic heterocycles. The molecule has 0 aromatic heterocycles. The van der Waals surface area contributed by atoms with Crippen molar-refractivity contribution in [3.05, 3.63) is 48.0 Å². The molecule has 1 N–H and O–H groups in total. The summed E-state index contributed by atoms with van der Waals surface area (Å²) in [6.07, 6.45) is 5.38. The third kappa shape index (κ3) is 3.11. The Balaban J connectivity index is 2.10. The van der Waals surface area contributed by atoms with Gasteiger partial charge in [-0.3, -0.25) is 0 Å².